The van der Waals surface area contributed by atoms with E-state index in [0.29, 0.717) is 24.6 Å². The highest BCUT2D eigenvalue weighted by molar-refractivity contribution is 7.89. The summed E-state index contributed by atoms with van der Waals surface area (Å²) in [6.45, 7) is 1.38. The molecule has 2 aromatic heterocycles. The molecule has 0 aliphatic carbocycles. The molecule has 0 bridgehead atoms. The zero-order chi connectivity index (χ0) is 21.8. The van der Waals surface area contributed by atoms with Crippen LogP contribution in [0.15, 0.2) is 68.7 Å². The summed E-state index contributed by atoms with van der Waals surface area (Å²) in [5.74, 6) is 1.23. The fourth-order valence-electron chi connectivity index (χ4n) is 3.74. The minimum Gasteiger partial charge on any atom is -0.467 e. The van der Waals surface area contributed by atoms with Crippen molar-refractivity contribution in [3.63, 3.8) is 0 Å². The van der Waals surface area contributed by atoms with Crippen molar-refractivity contribution in [1.29, 1.82) is 0 Å². The minimum atomic E-state index is -3.79. The van der Waals surface area contributed by atoms with E-state index >= 15 is 0 Å². The van der Waals surface area contributed by atoms with Crippen LogP contribution in [0.1, 0.15) is 30.8 Å². The lowest BCUT2D eigenvalue weighted by atomic mass is 10.2. The Hall–Kier alpha value is -3.11. The molecule has 1 aromatic carbocycles. The summed E-state index contributed by atoms with van der Waals surface area (Å²) in [6, 6.07) is 11.1. The third-order valence-corrected chi connectivity index (χ3v) is 7.19. The topological polar surface area (TPSA) is 110 Å². The van der Waals surface area contributed by atoms with E-state index in [9.17, 15) is 18.5 Å². The number of nitro groups is 1. The van der Waals surface area contributed by atoms with E-state index < -0.39 is 14.9 Å². The zero-order valence-corrected chi connectivity index (χ0v) is 17.7. The highest BCUT2D eigenvalue weighted by Gasteiger charge is 2.30. The van der Waals surface area contributed by atoms with Gasteiger partial charge in [-0.15, -0.1) is 0 Å². The molecule has 0 saturated carbocycles. The van der Waals surface area contributed by atoms with E-state index in [-0.39, 0.29) is 29.4 Å². The number of furan rings is 2. The van der Waals surface area contributed by atoms with Crippen LogP contribution in [0.4, 0.5) is 11.4 Å². The van der Waals surface area contributed by atoms with Crippen molar-refractivity contribution >= 4 is 21.4 Å². The number of piperidine rings is 1. The van der Waals surface area contributed by atoms with Crippen LogP contribution < -0.4 is 4.90 Å². The fourth-order valence-corrected chi connectivity index (χ4v) is 5.28. The Kier molecular flexibility index (Phi) is 6.10. The van der Waals surface area contributed by atoms with E-state index in [1.54, 1.807) is 29.2 Å². The molecule has 3 aromatic rings. The van der Waals surface area contributed by atoms with Gasteiger partial charge in [0.1, 0.15) is 17.2 Å². The van der Waals surface area contributed by atoms with E-state index in [1.807, 2.05) is 0 Å². The van der Waals surface area contributed by atoms with Crippen LogP contribution in [-0.2, 0) is 23.1 Å². The van der Waals surface area contributed by atoms with Crippen molar-refractivity contribution < 1.29 is 22.2 Å². The molecule has 164 valence electrons. The van der Waals surface area contributed by atoms with Crippen molar-refractivity contribution in [3.8, 4) is 0 Å². The highest BCUT2D eigenvalue weighted by atomic mass is 32.2. The summed E-state index contributed by atoms with van der Waals surface area (Å²) in [6.07, 6.45) is 5.63. The Labute approximate surface area is 180 Å². The first-order valence-corrected chi connectivity index (χ1v) is 11.5. The fraction of sp³-hybridized carbons (Fsp3) is 0.333. The average molecular weight is 445 g/mol. The van der Waals surface area contributed by atoms with Gasteiger partial charge in [-0.25, -0.2) is 8.42 Å². The molecule has 1 fully saturated rings. The van der Waals surface area contributed by atoms with Crippen LogP contribution in [0.5, 0.6) is 0 Å². The van der Waals surface area contributed by atoms with Gasteiger partial charge in [-0.2, -0.15) is 4.31 Å². The smallest absolute Gasteiger partial charge is 0.293 e. The second kappa shape index (κ2) is 8.94. The molecule has 0 atom stereocenters. The van der Waals surface area contributed by atoms with Gasteiger partial charge < -0.3 is 13.7 Å². The molecule has 1 saturated heterocycles. The van der Waals surface area contributed by atoms with Crippen LogP contribution in [0.3, 0.4) is 0 Å². The Morgan fingerprint density at radius 3 is 2.10 bits per heavy atom. The Bertz CT molecular complexity index is 1080. The summed E-state index contributed by atoms with van der Waals surface area (Å²) in [4.78, 5) is 13.0. The highest BCUT2D eigenvalue weighted by Crippen LogP contribution is 2.34. The van der Waals surface area contributed by atoms with Gasteiger partial charge in [-0.3, -0.25) is 10.1 Å². The van der Waals surface area contributed by atoms with Crippen LogP contribution in [0, 0.1) is 10.1 Å². The number of anilines is 1. The molecule has 9 nitrogen and oxygen atoms in total. The first-order chi connectivity index (χ1) is 14.9. The van der Waals surface area contributed by atoms with Gasteiger partial charge in [0.05, 0.1) is 35.4 Å². The molecule has 4 rings (SSSR count). The van der Waals surface area contributed by atoms with Crippen molar-refractivity contribution in [1.82, 2.24) is 4.31 Å². The SMILES string of the molecule is O=[N+]([O-])c1cc(S(=O)(=O)N2CCCCC2)ccc1N(Cc1ccco1)Cc1ccco1. The molecule has 10 heteroatoms. The van der Waals surface area contributed by atoms with Gasteiger partial charge in [0.15, 0.2) is 0 Å². The van der Waals surface area contributed by atoms with Crippen molar-refractivity contribution in [2.24, 2.45) is 0 Å². The maximum absolute atomic E-state index is 13.0. The van der Waals surface area contributed by atoms with Gasteiger partial charge in [0.2, 0.25) is 10.0 Å². The number of rotatable bonds is 8. The molecule has 3 heterocycles. The first-order valence-electron chi connectivity index (χ1n) is 10.0. The zero-order valence-electron chi connectivity index (χ0n) is 16.8. The van der Waals surface area contributed by atoms with Crippen molar-refractivity contribution in [2.45, 2.75) is 37.2 Å². The van der Waals surface area contributed by atoms with Gasteiger partial charge >= 0.3 is 0 Å². The largest absolute Gasteiger partial charge is 0.467 e. The van der Waals surface area contributed by atoms with Crippen molar-refractivity contribution in [3.05, 3.63) is 76.6 Å². The lowest BCUT2D eigenvalue weighted by Gasteiger charge is -2.26. The van der Waals surface area contributed by atoms with Crippen molar-refractivity contribution in [2.75, 3.05) is 18.0 Å². The Morgan fingerprint density at radius 1 is 0.968 bits per heavy atom. The molecule has 0 N–H and O–H groups in total. The van der Waals surface area contributed by atoms with E-state index in [4.69, 9.17) is 8.83 Å². The average Bonchev–Trinajstić information content (AvgIpc) is 3.48. The molecular weight excluding hydrogens is 422 g/mol. The van der Waals surface area contributed by atoms with E-state index in [2.05, 4.69) is 0 Å². The van der Waals surface area contributed by atoms with Crippen LogP contribution in [0.25, 0.3) is 0 Å². The molecular formula is C21H23N3O6S. The third kappa shape index (κ3) is 4.64. The van der Waals surface area contributed by atoms with E-state index in [1.165, 1.54) is 29.0 Å². The number of nitro benzene ring substituents is 1. The third-order valence-electron chi connectivity index (χ3n) is 5.29. The van der Waals surface area contributed by atoms with Crippen LogP contribution in [0.2, 0.25) is 0 Å². The number of hydrogen-bond acceptors (Lipinski definition) is 7. The van der Waals surface area contributed by atoms with Gasteiger partial charge in [-0.1, -0.05) is 6.42 Å². The predicted molar refractivity (Wildman–Crippen MR) is 113 cm³/mol. The molecule has 1 aliphatic rings. The summed E-state index contributed by atoms with van der Waals surface area (Å²) in [7, 11) is -3.79. The standard InChI is InChI=1S/C21H23N3O6S/c25-24(26)21-14-19(31(27,28)23-10-2-1-3-11-23)8-9-20(21)22(15-17-6-4-12-29-17)16-18-7-5-13-30-18/h4-9,12-14H,1-3,10-11,15-16H2. The lowest BCUT2D eigenvalue weighted by molar-refractivity contribution is -0.384. The maximum atomic E-state index is 13.0. The minimum absolute atomic E-state index is 0.0687. The number of nitrogens with zero attached hydrogens (tertiary/aromatic N) is 3. The Morgan fingerprint density at radius 2 is 1.58 bits per heavy atom. The van der Waals surface area contributed by atoms with Gasteiger partial charge in [0.25, 0.3) is 5.69 Å². The maximum Gasteiger partial charge on any atom is 0.293 e. The second-order valence-corrected chi connectivity index (χ2v) is 9.33. The summed E-state index contributed by atoms with van der Waals surface area (Å²) in [5, 5.41) is 11.9. The number of benzene rings is 1. The molecule has 0 spiro atoms. The molecule has 0 amide bonds. The monoisotopic (exact) mass is 445 g/mol. The first kappa shape index (κ1) is 21.1. The quantitative estimate of drug-likeness (QED) is 0.378. The number of sulfonamides is 1. The summed E-state index contributed by atoms with van der Waals surface area (Å²) < 4.78 is 38.3. The second-order valence-electron chi connectivity index (χ2n) is 7.39. The van der Waals surface area contributed by atoms with Gasteiger partial charge in [-0.05, 0) is 49.2 Å². The van der Waals surface area contributed by atoms with E-state index in [0.717, 1.165) is 25.3 Å². The summed E-state index contributed by atoms with van der Waals surface area (Å²) >= 11 is 0. The van der Waals surface area contributed by atoms with Crippen LogP contribution >= 0.6 is 0 Å². The molecule has 1 aliphatic heterocycles. The van der Waals surface area contributed by atoms with Crippen LogP contribution in [-0.4, -0.2) is 30.7 Å². The number of hydrogen-bond donors (Lipinski definition) is 0. The molecule has 0 radical (unpaired) electrons. The van der Waals surface area contributed by atoms with Gasteiger partial charge in [0, 0.05) is 19.2 Å². The molecule has 0 unspecified atom stereocenters. The molecule has 31 heavy (non-hydrogen) atoms. The predicted octanol–water partition coefficient (Wildman–Crippen LogP) is 4.16. The normalized spacial score (nSPS) is 15.1. The lowest BCUT2D eigenvalue weighted by Crippen LogP contribution is -2.35. The Balaban J connectivity index is 1.71. The summed E-state index contributed by atoms with van der Waals surface area (Å²) in [5.41, 5.74) is 0.00610.